The van der Waals surface area contributed by atoms with E-state index in [0.717, 1.165) is 38.6 Å². The Bertz CT molecular complexity index is 365. The molecule has 0 radical (unpaired) electrons. The van der Waals surface area contributed by atoms with Gasteiger partial charge >= 0.3 is 0 Å². The number of nitrogens with zero attached hydrogens (tertiary/aromatic N) is 2. The van der Waals surface area contributed by atoms with E-state index in [2.05, 4.69) is 15.6 Å². The van der Waals surface area contributed by atoms with Gasteiger partial charge in [-0.25, -0.2) is 4.98 Å². The fourth-order valence-electron chi connectivity index (χ4n) is 3.03. The Hall–Kier alpha value is -0.450. The third-order valence-electron chi connectivity index (χ3n) is 4.12. The molecule has 0 unspecified atom stereocenters. The minimum absolute atomic E-state index is 0.764. The minimum atomic E-state index is 0.764. The van der Waals surface area contributed by atoms with Gasteiger partial charge in [0.05, 0.1) is 10.7 Å². The Morgan fingerprint density at radius 3 is 2.78 bits per heavy atom. The van der Waals surface area contributed by atoms with E-state index in [0.29, 0.717) is 0 Å². The van der Waals surface area contributed by atoms with Crippen LogP contribution in [0, 0.1) is 0 Å². The van der Waals surface area contributed by atoms with Crippen LogP contribution in [0.25, 0.3) is 0 Å². The van der Waals surface area contributed by atoms with Crippen LogP contribution in [0.3, 0.4) is 0 Å². The van der Waals surface area contributed by atoms with Gasteiger partial charge in [-0.15, -0.1) is 11.3 Å². The number of piperazine rings is 1. The standard InChI is InChI=1S/C14H23N3S/c1-2-4-12(5-3-1)14-16-13(11-18-14)10-17-8-6-15-7-9-17/h11-12,15H,1-10H2. The maximum absolute atomic E-state index is 4.88. The summed E-state index contributed by atoms with van der Waals surface area (Å²) in [6.45, 7) is 5.62. The molecule has 3 rings (SSSR count). The van der Waals surface area contributed by atoms with Crippen LogP contribution in [0.4, 0.5) is 0 Å². The first-order chi connectivity index (χ1) is 8.92. The zero-order valence-corrected chi connectivity index (χ0v) is 11.8. The van der Waals surface area contributed by atoms with Crippen molar-refractivity contribution < 1.29 is 0 Å². The second-order valence-corrected chi connectivity index (χ2v) is 6.43. The van der Waals surface area contributed by atoms with Gasteiger partial charge in [0.2, 0.25) is 0 Å². The highest BCUT2D eigenvalue weighted by molar-refractivity contribution is 7.09. The summed E-state index contributed by atoms with van der Waals surface area (Å²) in [5.41, 5.74) is 1.29. The summed E-state index contributed by atoms with van der Waals surface area (Å²) in [7, 11) is 0. The molecule has 1 aromatic rings. The lowest BCUT2D eigenvalue weighted by Gasteiger charge is -2.26. The maximum Gasteiger partial charge on any atom is 0.0959 e. The molecule has 0 bridgehead atoms. The first-order valence-electron chi connectivity index (χ1n) is 7.29. The SMILES string of the molecule is c1sc(C2CCCCC2)nc1CN1CCNCC1. The van der Waals surface area contributed by atoms with Crippen LogP contribution >= 0.6 is 11.3 Å². The van der Waals surface area contributed by atoms with Gasteiger partial charge < -0.3 is 5.32 Å². The van der Waals surface area contributed by atoms with E-state index >= 15 is 0 Å². The third kappa shape index (κ3) is 3.11. The van der Waals surface area contributed by atoms with Gasteiger partial charge in [-0.2, -0.15) is 0 Å². The maximum atomic E-state index is 4.88. The normalized spacial score (nSPS) is 23.3. The number of nitrogens with one attached hydrogen (secondary N) is 1. The quantitative estimate of drug-likeness (QED) is 0.910. The topological polar surface area (TPSA) is 28.2 Å². The molecule has 2 heterocycles. The Kier molecular flexibility index (Phi) is 4.28. The van der Waals surface area contributed by atoms with Crippen molar-refractivity contribution in [3.63, 3.8) is 0 Å². The van der Waals surface area contributed by atoms with Gasteiger partial charge in [-0.3, -0.25) is 4.90 Å². The van der Waals surface area contributed by atoms with Crippen molar-refractivity contribution in [2.24, 2.45) is 0 Å². The molecular formula is C14H23N3S. The highest BCUT2D eigenvalue weighted by atomic mass is 32.1. The van der Waals surface area contributed by atoms with Crippen LogP contribution < -0.4 is 5.32 Å². The van der Waals surface area contributed by atoms with Gasteiger partial charge in [-0.05, 0) is 12.8 Å². The van der Waals surface area contributed by atoms with E-state index in [1.807, 2.05) is 11.3 Å². The molecule has 1 aliphatic carbocycles. The summed E-state index contributed by atoms with van der Waals surface area (Å²) in [6.07, 6.45) is 6.95. The summed E-state index contributed by atoms with van der Waals surface area (Å²) in [5, 5.41) is 7.08. The Morgan fingerprint density at radius 2 is 2.00 bits per heavy atom. The highest BCUT2D eigenvalue weighted by Gasteiger charge is 2.19. The van der Waals surface area contributed by atoms with E-state index in [1.165, 1.54) is 42.8 Å². The number of thiazole rings is 1. The van der Waals surface area contributed by atoms with Gasteiger partial charge in [0.25, 0.3) is 0 Å². The molecule has 18 heavy (non-hydrogen) atoms. The fraction of sp³-hybridized carbons (Fsp3) is 0.786. The van der Waals surface area contributed by atoms with Crippen LogP contribution in [0.15, 0.2) is 5.38 Å². The molecular weight excluding hydrogens is 242 g/mol. The van der Waals surface area contributed by atoms with Gasteiger partial charge in [0, 0.05) is 44.0 Å². The van der Waals surface area contributed by atoms with Crippen molar-refractivity contribution in [3.05, 3.63) is 16.1 Å². The van der Waals surface area contributed by atoms with Crippen LogP contribution in [0.1, 0.15) is 48.7 Å². The number of hydrogen-bond acceptors (Lipinski definition) is 4. The van der Waals surface area contributed by atoms with Crippen molar-refractivity contribution in [2.75, 3.05) is 26.2 Å². The molecule has 1 N–H and O–H groups in total. The lowest BCUT2D eigenvalue weighted by molar-refractivity contribution is 0.231. The van der Waals surface area contributed by atoms with Crippen molar-refractivity contribution >= 4 is 11.3 Å². The Labute approximate surface area is 114 Å². The molecule has 0 amide bonds. The average Bonchev–Trinajstić information content (AvgIpc) is 2.89. The minimum Gasteiger partial charge on any atom is -0.314 e. The van der Waals surface area contributed by atoms with E-state index in [4.69, 9.17) is 4.98 Å². The van der Waals surface area contributed by atoms with E-state index in [9.17, 15) is 0 Å². The highest BCUT2D eigenvalue weighted by Crippen LogP contribution is 2.34. The van der Waals surface area contributed by atoms with Crippen molar-refractivity contribution in [3.8, 4) is 0 Å². The van der Waals surface area contributed by atoms with Crippen LogP contribution in [0.2, 0.25) is 0 Å². The monoisotopic (exact) mass is 265 g/mol. The zero-order chi connectivity index (χ0) is 12.2. The first-order valence-corrected chi connectivity index (χ1v) is 8.17. The first kappa shape index (κ1) is 12.6. The number of aromatic nitrogens is 1. The molecule has 4 heteroatoms. The van der Waals surface area contributed by atoms with Crippen LogP contribution in [-0.4, -0.2) is 36.1 Å². The zero-order valence-electron chi connectivity index (χ0n) is 11.0. The predicted molar refractivity (Wildman–Crippen MR) is 76.1 cm³/mol. The molecule has 2 fully saturated rings. The van der Waals surface area contributed by atoms with Gasteiger partial charge in [0.1, 0.15) is 0 Å². The number of hydrogen-bond donors (Lipinski definition) is 1. The van der Waals surface area contributed by atoms with Crippen molar-refractivity contribution in [1.82, 2.24) is 15.2 Å². The van der Waals surface area contributed by atoms with Crippen molar-refractivity contribution in [1.29, 1.82) is 0 Å². The fourth-order valence-corrected chi connectivity index (χ4v) is 4.01. The molecule has 0 aromatic carbocycles. The summed E-state index contributed by atoms with van der Waals surface area (Å²) < 4.78 is 0. The van der Waals surface area contributed by atoms with Crippen molar-refractivity contribution in [2.45, 2.75) is 44.6 Å². The smallest absolute Gasteiger partial charge is 0.0959 e. The molecule has 2 aliphatic rings. The second kappa shape index (κ2) is 6.13. The molecule has 1 aromatic heterocycles. The summed E-state index contributed by atoms with van der Waals surface area (Å²) >= 11 is 1.89. The predicted octanol–water partition coefficient (Wildman–Crippen LogP) is 2.60. The van der Waals surface area contributed by atoms with E-state index in [1.54, 1.807) is 0 Å². The Balaban J connectivity index is 1.58. The molecule has 0 spiro atoms. The third-order valence-corrected chi connectivity index (χ3v) is 5.18. The summed E-state index contributed by atoms with van der Waals surface area (Å²) in [5.74, 6) is 0.764. The van der Waals surface area contributed by atoms with Gasteiger partial charge in [-0.1, -0.05) is 19.3 Å². The molecule has 0 atom stereocenters. The second-order valence-electron chi connectivity index (χ2n) is 5.54. The Morgan fingerprint density at radius 1 is 1.22 bits per heavy atom. The molecule has 1 saturated heterocycles. The molecule has 3 nitrogen and oxygen atoms in total. The number of rotatable bonds is 3. The molecule has 1 saturated carbocycles. The van der Waals surface area contributed by atoms with Crippen LogP contribution in [-0.2, 0) is 6.54 Å². The largest absolute Gasteiger partial charge is 0.314 e. The lowest BCUT2D eigenvalue weighted by atomic mass is 9.90. The summed E-state index contributed by atoms with van der Waals surface area (Å²) in [4.78, 5) is 7.39. The average molecular weight is 265 g/mol. The van der Waals surface area contributed by atoms with Gasteiger partial charge in [0.15, 0.2) is 0 Å². The lowest BCUT2D eigenvalue weighted by Crippen LogP contribution is -2.42. The van der Waals surface area contributed by atoms with E-state index in [-0.39, 0.29) is 0 Å². The summed E-state index contributed by atoms with van der Waals surface area (Å²) in [6, 6.07) is 0. The van der Waals surface area contributed by atoms with E-state index < -0.39 is 0 Å². The molecule has 1 aliphatic heterocycles. The van der Waals surface area contributed by atoms with Crippen LogP contribution in [0.5, 0.6) is 0 Å². The molecule has 100 valence electrons.